The first kappa shape index (κ1) is 20.7. The molecule has 0 saturated carbocycles. The van der Waals surface area contributed by atoms with Gasteiger partial charge in [-0.2, -0.15) is 0 Å². The molecule has 1 aromatic carbocycles. The zero-order valence-electron chi connectivity index (χ0n) is 16.1. The number of aliphatic hydroxyl groups excluding tert-OH is 1. The lowest BCUT2D eigenvalue weighted by Crippen LogP contribution is -2.51. The van der Waals surface area contributed by atoms with Crippen molar-refractivity contribution in [2.75, 3.05) is 45.9 Å². The summed E-state index contributed by atoms with van der Waals surface area (Å²) in [6.07, 6.45) is -0.400. The zero-order chi connectivity index (χ0) is 18.9. The van der Waals surface area contributed by atoms with Gasteiger partial charge >= 0.3 is 0 Å². The average molecular weight is 364 g/mol. The number of morpholine rings is 1. The van der Waals surface area contributed by atoms with E-state index in [9.17, 15) is 9.90 Å². The van der Waals surface area contributed by atoms with Crippen LogP contribution in [0.2, 0.25) is 0 Å². The number of amides is 1. The minimum atomic E-state index is -0.360. The highest BCUT2D eigenvalue weighted by molar-refractivity contribution is 5.77. The molecular formula is C20H32N2O4. The van der Waals surface area contributed by atoms with Crippen molar-refractivity contribution >= 4 is 5.91 Å². The van der Waals surface area contributed by atoms with Crippen molar-refractivity contribution < 1.29 is 19.4 Å². The Bertz CT molecular complexity index is 536. The number of nitrogens with zero attached hydrogens (tertiary/aromatic N) is 2. The van der Waals surface area contributed by atoms with Crippen LogP contribution >= 0.6 is 0 Å². The Labute approximate surface area is 156 Å². The lowest BCUT2D eigenvalue weighted by molar-refractivity contribution is -0.137. The van der Waals surface area contributed by atoms with Crippen molar-refractivity contribution in [1.82, 2.24) is 9.80 Å². The molecule has 26 heavy (non-hydrogen) atoms. The van der Waals surface area contributed by atoms with Crippen LogP contribution in [0.4, 0.5) is 0 Å². The summed E-state index contributed by atoms with van der Waals surface area (Å²) in [6.45, 7) is 10.0. The van der Waals surface area contributed by atoms with Gasteiger partial charge in [0.05, 0.1) is 18.8 Å². The number of hydrogen-bond donors (Lipinski definition) is 1. The molecule has 0 aliphatic carbocycles. The van der Waals surface area contributed by atoms with E-state index in [0.29, 0.717) is 37.9 Å². The fraction of sp³-hybridized carbons (Fsp3) is 0.650. The smallest absolute Gasteiger partial charge is 0.260 e. The molecular weight excluding hydrogens is 332 g/mol. The predicted molar refractivity (Wildman–Crippen MR) is 101 cm³/mol. The normalized spacial score (nSPS) is 19.3. The second kappa shape index (κ2) is 10.5. The first-order valence-electron chi connectivity index (χ1n) is 9.41. The first-order valence-corrected chi connectivity index (χ1v) is 9.41. The van der Waals surface area contributed by atoms with E-state index < -0.39 is 0 Å². The number of aliphatic hydroxyl groups is 1. The summed E-state index contributed by atoms with van der Waals surface area (Å²) in [6, 6.07) is 9.38. The van der Waals surface area contributed by atoms with Gasteiger partial charge < -0.3 is 19.5 Å². The number of benzene rings is 1. The molecule has 6 nitrogen and oxygen atoms in total. The summed E-state index contributed by atoms with van der Waals surface area (Å²) in [7, 11) is 0. The summed E-state index contributed by atoms with van der Waals surface area (Å²) in [4.78, 5) is 16.7. The summed E-state index contributed by atoms with van der Waals surface area (Å²) in [5.41, 5.74) is 0. The molecule has 1 amide bonds. The Morgan fingerprint density at radius 3 is 2.73 bits per heavy atom. The summed E-state index contributed by atoms with van der Waals surface area (Å²) >= 11 is 0. The topological polar surface area (TPSA) is 62.2 Å². The van der Waals surface area contributed by atoms with Gasteiger partial charge in [-0.25, -0.2) is 0 Å². The predicted octanol–water partition coefficient (Wildman–Crippen LogP) is 1.63. The largest absolute Gasteiger partial charge is 0.484 e. The number of rotatable bonds is 9. The number of hydrogen-bond acceptors (Lipinski definition) is 5. The summed E-state index contributed by atoms with van der Waals surface area (Å²) < 4.78 is 11.5. The van der Waals surface area contributed by atoms with Gasteiger partial charge in [0.25, 0.3) is 5.91 Å². The van der Waals surface area contributed by atoms with Gasteiger partial charge in [-0.1, -0.05) is 32.0 Å². The fourth-order valence-electron chi connectivity index (χ4n) is 3.15. The molecule has 0 bridgehead atoms. The average Bonchev–Trinajstić information content (AvgIpc) is 2.59. The second-order valence-electron chi connectivity index (χ2n) is 7.40. The number of ether oxygens (including phenoxy) is 2. The number of para-hydroxylation sites is 1. The standard InChI is InChI=1S/C20H32N2O4/c1-16(2)11-22(20(24)15-26-18-7-5-4-6-8-18)14-19-13-21(9-10-25-19)12-17(3)23/h4-8,16-17,19,23H,9-15H2,1-3H3. The highest BCUT2D eigenvalue weighted by Gasteiger charge is 2.26. The molecule has 1 fully saturated rings. The van der Waals surface area contributed by atoms with Gasteiger partial charge in [0.1, 0.15) is 5.75 Å². The van der Waals surface area contributed by atoms with E-state index in [0.717, 1.165) is 13.1 Å². The molecule has 1 saturated heterocycles. The lowest BCUT2D eigenvalue weighted by atomic mass is 10.1. The van der Waals surface area contributed by atoms with E-state index in [2.05, 4.69) is 18.7 Å². The van der Waals surface area contributed by atoms with Gasteiger partial charge in [0.15, 0.2) is 6.61 Å². The Balaban J connectivity index is 1.90. The van der Waals surface area contributed by atoms with Crippen molar-refractivity contribution in [3.63, 3.8) is 0 Å². The van der Waals surface area contributed by atoms with E-state index in [1.807, 2.05) is 35.2 Å². The molecule has 0 spiro atoms. The lowest BCUT2D eigenvalue weighted by Gasteiger charge is -2.36. The maximum absolute atomic E-state index is 12.7. The minimum absolute atomic E-state index is 0.0286. The molecule has 146 valence electrons. The van der Waals surface area contributed by atoms with Gasteiger partial charge in [0.2, 0.25) is 0 Å². The molecule has 2 rings (SSSR count). The molecule has 1 aliphatic rings. The van der Waals surface area contributed by atoms with Crippen LogP contribution in [0.25, 0.3) is 0 Å². The van der Waals surface area contributed by atoms with Crippen molar-refractivity contribution in [2.24, 2.45) is 5.92 Å². The summed E-state index contributed by atoms with van der Waals surface area (Å²) in [5, 5.41) is 9.59. The zero-order valence-corrected chi connectivity index (χ0v) is 16.1. The Morgan fingerprint density at radius 2 is 2.08 bits per heavy atom. The van der Waals surface area contributed by atoms with Crippen LogP contribution in [0.3, 0.4) is 0 Å². The first-order chi connectivity index (χ1) is 12.4. The molecule has 2 atom stereocenters. The van der Waals surface area contributed by atoms with Crippen LogP contribution < -0.4 is 4.74 Å². The van der Waals surface area contributed by atoms with Crippen LogP contribution in [-0.4, -0.2) is 79.0 Å². The Morgan fingerprint density at radius 1 is 1.35 bits per heavy atom. The third-order valence-electron chi connectivity index (χ3n) is 4.21. The minimum Gasteiger partial charge on any atom is -0.484 e. The van der Waals surface area contributed by atoms with Crippen molar-refractivity contribution in [3.05, 3.63) is 30.3 Å². The highest BCUT2D eigenvalue weighted by Crippen LogP contribution is 2.12. The van der Waals surface area contributed by atoms with E-state index in [1.165, 1.54) is 0 Å². The number of β-amino-alcohol motifs (C(OH)–C–C–N with tert-alkyl or cyclic N) is 1. The molecule has 6 heteroatoms. The third-order valence-corrected chi connectivity index (χ3v) is 4.21. The number of carbonyl (C=O) groups excluding carboxylic acids is 1. The van der Waals surface area contributed by atoms with Crippen molar-refractivity contribution in [2.45, 2.75) is 33.0 Å². The molecule has 1 N–H and O–H groups in total. The quantitative estimate of drug-likeness (QED) is 0.722. The van der Waals surface area contributed by atoms with Crippen molar-refractivity contribution in [1.29, 1.82) is 0 Å². The number of carbonyl (C=O) groups is 1. The van der Waals surface area contributed by atoms with Crippen LogP contribution in [0, 0.1) is 5.92 Å². The van der Waals surface area contributed by atoms with Gasteiger partial charge in [0, 0.05) is 32.7 Å². The molecule has 1 aliphatic heterocycles. The molecule has 0 radical (unpaired) electrons. The Hall–Kier alpha value is -1.63. The van der Waals surface area contributed by atoms with Crippen molar-refractivity contribution in [3.8, 4) is 5.75 Å². The van der Waals surface area contributed by atoms with Gasteiger partial charge in [-0.05, 0) is 25.0 Å². The van der Waals surface area contributed by atoms with Crippen LogP contribution in [0.15, 0.2) is 30.3 Å². The van der Waals surface area contributed by atoms with Crippen LogP contribution in [-0.2, 0) is 9.53 Å². The molecule has 1 aromatic rings. The maximum Gasteiger partial charge on any atom is 0.260 e. The molecule has 2 unspecified atom stereocenters. The second-order valence-corrected chi connectivity index (χ2v) is 7.40. The van der Waals surface area contributed by atoms with E-state index in [1.54, 1.807) is 6.92 Å². The fourth-order valence-corrected chi connectivity index (χ4v) is 3.15. The van der Waals surface area contributed by atoms with E-state index in [-0.39, 0.29) is 24.7 Å². The highest BCUT2D eigenvalue weighted by atomic mass is 16.5. The maximum atomic E-state index is 12.7. The monoisotopic (exact) mass is 364 g/mol. The van der Waals surface area contributed by atoms with E-state index >= 15 is 0 Å². The van der Waals surface area contributed by atoms with E-state index in [4.69, 9.17) is 9.47 Å². The third kappa shape index (κ3) is 7.32. The molecule has 0 aromatic heterocycles. The SMILES string of the molecule is CC(C)CN(CC1CN(CC(C)O)CCO1)C(=O)COc1ccccc1. The van der Waals surface area contributed by atoms with Gasteiger partial charge in [-0.15, -0.1) is 0 Å². The van der Waals surface area contributed by atoms with Gasteiger partial charge in [-0.3, -0.25) is 9.69 Å². The molecule has 1 heterocycles. The van der Waals surface area contributed by atoms with Crippen LogP contribution in [0.1, 0.15) is 20.8 Å². The Kier molecular flexibility index (Phi) is 8.35. The summed E-state index contributed by atoms with van der Waals surface area (Å²) in [5.74, 6) is 1.04. The van der Waals surface area contributed by atoms with Crippen LogP contribution in [0.5, 0.6) is 5.75 Å².